The molecule has 0 aliphatic rings. The van der Waals surface area contributed by atoms with E-state index in [1.54, 1.807) is 6.92 Å². The quantitative estimate of drug-likeness (QED) is 0.737. The summed E-state index contributed by atoms with van der Waals surface area (Å²) >= 11 is 0. The van der Waals surface area contributed by atoms with Crippen molar-refractivity contribution in [1.82, 2.24) is 5.32 Å². The van der Waals surface area contributed by atoms with E-state index in [2.05, 4.69) is 5.32 Å². The molecule has 0 saturated carbocycles. The topological polar surface area (TPSA) is 55.4 Å². The van der Waals surface area contributed by atoms with Gasteiger partial charge in [-0.05, 0) is 49.9 Å². The number of aryl methyl sites for hydroxylation is 1. The first-order valence-electron chi connectivity index (χ1n) is 8.72. The van der Waals surface area contributed by atoms with Gasteiger partial charge < -0.3 is 10.1 Å². The number of amides is 1. The number of carbonyl (C=O) groups is 2. The van der Waals surface area contributed by atoms with Crippen LogP contribution in [0.5, 0.6) is 0 Å². The van der Waals surface area contributed by atoms with Gasteiger partial charge >= 0.3 is 5.97 Å². The molecule has 26 heavy (non-hydrogen) atoms. The fourth-order valence-corrected chi connectivity index (χ4v) is 2.52. The minimum absolute atomic E-state index is 0.00145. The maximum Gasteiger partial charge on any atom is 0.311 e. The van der Waals surface area contributed by atoms with Crippen molar-refractivity contribution in [2.75, 3.05) is 0 Å². The molecule has 2 rings (SSSR count). The average Bonchev–Trinajstić information content (AvgIpc) is 2.62. The van der Waals surface area contributed by atoms with Gasteiger partial charge in [-0.2, -0.15) is 0 Å². The van der Waals surface area contributed by atoms with Gasteiger partial charge in [-0.15, -0.1) is 0 Å². The van der Waals surface area contributed by atoms with Gasteiger partial charge in [-0.25, -0.2) is 4.39 Å². The highest BCUT2D eigenvalue weighted by molar-refractivity contribution is 5.84. The van der Waals surface area contributed by atoms with E-state index in [0.717, 1.165) is 12.8 Å². The first kappa shape index (κ1) is 19.6. The van der Waals surface area contributed by atoms with Crippen LogP contribution in [0.4, 0.5) is 4.39 Å². The molecule has 0 radical (unpaired) electrons. The molecule has 0 heterocycles. The fraction of sp³-hybridized carbons (Fsp3) is 0.333. The van der Waals surface area contributed by atoms with Crippen molar-refractivity contribution in [3.63, 3.8) is 0 Å². The second-order valence-electron chi connectivity index (χ2n) is 6.37. The number of hydrogen-bond acceptors (Lipinski definition) is 3. The molecule has 0 aliphatic heterocycles. The summed E-state index contributed by atoms with van der Waals surface area (Å²) in [5.74, 6) is -1.20. The first-order chi connectivity index (χ1) is 12.4. The van der Waals surface area contributed by atoms with Crippen LogP contribution in [0, 0.1) is 5.82 Å². The molecule has 0 aliphatic carbocycles. The van der Waals surface area contributed by atoms with E-state index in [-0.39, 0.29) is 24.2 Å². The Balaban J connectivity index is 1.73. The number of benzene rings is 2. The lowest BCUT2D eigenvalue weighted by Gasteiger charge is -2.18. The Morgan fingerprint density at radius 1 is 1.00 bits per heavy atom. The van der Waals surface area contributed by atoms with Crippen molar-refractivity contribution in [1.29, 1.82) is 0 Å². The molecule has 0 spiro atoms. The Bertz CT molecular complexity index is 716. The fourth-order valence-electron chi connectivity index (χ4n) is 2.52. The van der Waals surface area contributed by atoms with Crippen LogP contribution >= 0.6 is 0 Å². The monoisotopic (exact) mass is 357 g/mol. The van der Waals surface area contributed by atoms with Crippen LogP contribution in [0.15, 0.2) is 54.6 Å². The third-order valence-electron chi connectivity index (χ3n) is 4.04. The van der Waals surface area contributed by atoms with E-state index >= 15 is 0 Å². The van der Waals surface area contributed by atoms with Gasteiger partial charge in [0, 0.05) is 6.04 Å². The predicted octanol–water partition coefficient (Wildman–Crippen LogP) is 3.44. The number of hydrogen-bond donors (Lipinski definition) is 1. The van der Waals surface area contributed by atoms with Gasteiger partial charge in [0.05, 0.1) is 6.42 Å². The van der Waals surface area contributed by atoms with Crippen molar-refractivity contribution < 1.29 is 18.7 Å². The summed E-state index contributed by atoms with van der Waals surface area (Å²) in [7, 11) is 0. The van der Waals surface area contributed by atoms with E-state index in [4.69, 9.17) is 4.74 Å². The van der Waals surface area contributed by atoms with Crippen molar-refractivity contribution in [3.05, 3.63) is 71.5 Å². The molecule has 2 aromatic rings. The first-order valence-corrected chi connectivity index (χ1v) is 8.72. The molecule has 0 unspecified atom stereocenters. The second-order valence-corrected chi connectivity index (χ2v) is 6.37. The summed E-state index contributed by atoms with van der Waals surface area (Å²) in [6.07, 6.45) is 0.788. The summed E-state index contributed by atoms with van der Waals surface area (Å²) in [6.45, 7) is 3.47. The maximum absolute atomic E-state index is 12.9. The molecule has 0 aromatic heterocycles. The molecule has 0 bridgehead atoms. The van der Waals surface area contributed by atoms with Gasteiger partial charge in [0.25, 0.3) is 5.91 Å². The van der Waals surface area contributed by atoms with Crippen molar-refractivity contribution >= 4 is 11.9 Å². The molecule has 5 heteroatoms. The highest BCUT2D eigenvalue weighted by Crippen LogP contribution is 2.07. The normalized spacial score (nSPS) is 12.9. The van der Waals surface area contributed by atoms with Crippen LogP contribution in [-0.2, 0) is 27.2 Å². The minimum atomic E-state index is -0.873. The largest absolute Gasteiger partial charge is 0.452 e. The molecule has 0 fully saturated rings. The molecule has 138 valence electrons. The van der Waals surface area contributed by atoms with E-state index in [1.807, 2.05) is 37.3 Å². The summed E-state index contributed by atoms with van der Waals surface area (Å²) in [6, 6.07) is 15.6. The average molecular weight is 357 g/mol. The molecule has 0 saturated heterocycles. The SMILES string of the molecule is C[C@H](CCc1ccccc1)NC(=O)[C@@H](C)OC(=O)Cc1ccc(F)cc1. The molecule has 2 aromatic carbocycles. The molecular formula is C21H24FNO3. The van der Waals surface area contributed by atoms with Gasteiger partial charge in [-0.3, -0.25) is 9.59 Å². The minimum Gasteiger partial charge on any atom is -0.452 e. The highest BCUT2D eigenvalue weighted by atomic mass is 19.1. The summed E-state index contributed by atoms with van der Waals surface area (Å²) in [4.78, 5) is 24.1. The molecule has 2 atom stereocenters. The van der Waals surface area contributed by atoms with Crippen molar-refractivity contribution in [2.45, 2.75) is 45.3 Å². The van der Waals surface area contributed by atoms with Crippen LogP contribution in [0.1, 0.15) is 31.4 Å². The van der Waals surface area contributed by atoms with Crippen molar-refractivity contribution in [3.8, 4) is 0 Å². The number of halogens is 1. The smallest absolute Gasteiger partial charge is 0.311 e. The van der Waals surface area contributed by atoms with Crippen molar-refractivity contribution in [2.24, 2.45) is 0 Å². The Morgan fingerprint density at radius 3 is 2.31 bits per heavy atom. The molecular weight excluding hydrogens is 333 g/mol. The maximum atomic E-state index is 12.9. The Hall–Kier alpha value is -2.69. The van der Waals surface area contributed by atoms with E-state index in [9.17, 15) is 14.0 Å². The third-order valence-corrected chi connectivity index (χ3v) is 4.04. The van der Waals surface area contributed by atoms with Gasteiger partial charge in [0.2, 0.25) is 0 Å². The van der Waals surface area contributed by atoms with Crippen LogP contribution in [0.3, 0.4) is 0 Å². The Labute approximate surface area is 153 Å². The molecule has 4 nitrogen and oxygen atoms in total. The third kappa shape index (κ3) is 6.67. The highest BCUT2D eigenvalue weighted by Gasteiger charge is 2.19. The zero-order valence-corrected chi connectivity index (χ0v) is 15.1. The molecule has 1 N–H and O–H groups in total. The Morgan fingerprint density at radius 2 is 1.65 bits per heavy atom. The van der Waals surface area contributed by atoms with Crippen LogP contribution in [-0.4, -0.2) is 24.0 Å². The lowest BCUT2D eigenvalue weighted by atomic mass is 10.1. The standard InChI is InChI=1S/C21H24FNO3/c1-15(8-9-17-6-4-3-5-7-17)23-21(25)16(2)26-20(24)14-18-10-12-19(22)13-11-18/h3-7,10-13,15-16H,8-9,14H2,1-2H3,(H,23,25)/t15-,16-/m1/s1. The molecule has 1 amide bonds. The summed E-state index contributed by atoms with van der Waals surface area (Å²) in [5, 5.41) is 2.86. The predicted molar refractivity (Wildman–Crippen MR) is 98.0 cm³/mol. The van der Waals surface area contributed by atoms with E-state index in [0.29, 0.717) is 5.56 Å². The van der Waals surface area contributed by atoms with Gasteiger partial charge in [0.1, 0.15) is 5.82 Å². The number of carbonyl (C=O) groups excluding carboxylic acids is 2. The zero-order valence-electron chi connectivity index (χ0n) is 15.1. The number of nitrogens with one attached hydrogen (secondary N) is 1. The zero-order chi connectivity index (χ0) is 18.9. The van der Waals surface area contributed by atoms with Gasteiger partial charge in [0.15, 0.2) is 6.10 Å². The van der Waals surface area contributed by atoms with Crippen LogP contribution < -0.4 is 5.32 Å². The summed E-state index contributed by atoms with van der Waals surface area (Å²) < 4.78 is 18.0. The lowest BCUT2D eigenvalue weighted by molar-refractivity contribution is -0.154. The lowest BCUT2D eigenvalue weighted by Crippen LogP contribution is -2.41. The number of ether oxygens (including phenoxy) is 1. The Kier molecular flexibility index (Phi) is 7.33. The number of rotatable bonds is 8. The number of esters is 1. The van der Waals surface area contributed by atoms with E-state index < -0.39 is 12.1 Å². The second kappa shape index (κ2) is 9.70. The van der Waals surface area contributed by atoms with Crippen LogP contribution in [0.2, 0.25) is 0 Å². The van der Waals surface area contributed by atoms with Crippen LogP contribution in [0.25, 0.3) is 0 Å². The van der Waals surface area contributed by atoms with Gasteiger partial charge in [-0.1, -0.05) is 42.5 Å². The summed E-state index contributed by atoms with van der Waals surface area (Å²) in [5.41, 5.74) is 1.85. The van der Waals surface area contributed by atoms with E-state index in [1.165, 1.54) is 29.8 Å².